The van der Waals surface area contributed by atoms with Crippen LogP contribution in [-0.4, -0.2) is 13.2 Å². The highest BCUT2D eigenvalue weighted by Crippen LogP contribution is 2.48. The summed E-state index contributed by atoms with van der Waals surface area (Å²) in [7, 11) is -3.24. The molecule has 0 saturated carbocycles. The van der Waals surface area contributed by atoms with Crippen LogP contribution in [0, 0.1) is 17.3 Å². The van der Waals surface area contributed by atoms with Crippen molar-refractivity contribution in [3.8, 4) is 0 Å². The lowest BCUT2D eigenvalue weighted by molar-refractivity contribution is 0.160. The van der Waals surface area contributed by atoms with Crippen LogP contribution in [-0.2, 0) is 13.6 Å². The molecule has 3 nitrogen and oxygen atoms in total. The highest BCUT2D eigenvalue weighted by molar-refractivity contribution is 7.62. The second-order valence-electron chi connectivity index (χ2n) is 7.69. The van der Waals surface area contributed by atoms with Gasteiger partial charge in [0.1, 0.15) is 0 Å². The van der Waals surface area contributed by atoms with E-state index in [0.717, 1.165) is 6.42 Å². The topological polar surface area (TPSA) is 35.5 Å². The second kappa shape index (κ2) is 8.29. The molecular formula is C18H31O3P. The molecule has 0 heterocycles. The Morgan fingerprint density at radius 1 is 1.00 bits per heavy atom. The Kier molecular flexibility index (Phi) is 7.31. The van der Waals surface area contributed by atoms with Crippen LogP contribution in [0.4, 0.5) is 0 Å². The molecule has 0 aromatic heterocycles. The Labute approximate surface area is 136 Å². The summed E-state index contributed by atoms with van der Waals surface area (Å²) < 4.78 is 24.6. The minimum atomic E-state index is -3.24. The van der Waals surface area contributed by atoms with Crippen LogP contribution in [0.25, 0.3) is 0 Å². The predicted octanol–water partition coefficient (Wildman–Crippen LogP) is 5.27. The Morgan fingerprint density at radius 2 is 1.55 bits per heavy atom. The molecular weight excluding hydrogens is 295 g/mol. The fraction of sp³-hybridized carbons (Fsp3) is 0.667. The minimum Gasteiger partial charge on any atom is -0.305 e. The fourth-order valence-corrected chi connectivity index (χ4v) is 4.23. The number of rotatable bonds is 8. The lowest BCUT2D eigenvalue weighted by Crippen LogP contribution is -2.18. The van der Waals surface area contributed by atoms with Crippen LogP contribution in [0.15, 0.2) is 30.3 Å². The third kappa shape index (κ3) is 7.09. The molecule has 0 aliphatic heterocycles. The van der Waals surface area contributed by atoms with Gasteiger partial charge in [0.2, 0.25) is 0 Å². The molecule has 0 amide bonds. The van der Waals surface area contributed by atoms with Gasteiger partial charge in [-0.15, -0.1) is 0 Å². The SMILES string of the molecule is CC(C)COP(=O)(OCC(C)CC(C)(C)C)c1ccccc1. The molecule has 0 saturated heterocycles. The van der Waals surface area contributed by atoms with Crippen LogP contribution in [0.2, 0.25) is 0 Å². The Hall–Kier alpha value is -0.630. The van der Waals surface area contributed by atoms with Gasteiger partial charge >= 0.3 is 7.60 Å². The van der Waals surface area contributed by atoms with Crippen LogP contribution in [0.3, 0.4) is 0 Å². The molecule has 1 rings (SSSR count). The van der Waals surface area contributed by atoms with Crippen molar-refractivity contribution in [2.24, 2.45) is 17.3 Å². The molecule has 1 aromatic carbocycles. The standard InChI is InChI=1S/C18H31O3P/c1-15(2)13-20-22(19,17-10-8-7-9-11-17)21-14-16(3)12-18(4,5)6/h7-11,15-16H,12-14H2,1-6H3. The molecule has 0 N–H and O–H groups in total. The van der Waals surface area contributed by atoms with Crippen molar-refractivity contribution in [1.29, 1.82) is 0 Å². The van der Waals surface area contributed by atoms with Crippen LogP contribution < -0.4 is 5.30 Å². The van der Waals surface area contributed by atoms with Gasteiger partial charge in [0.15, 0.2) is 0 Å². The summed E-state index contributed by atoms with van der Waals surface area (Å²) >= 11 is 0. The molecule has 126 valence electrons. The highest BCUT2D eigenvalue weighted by Gasteiger charge is 2.29. The van der Waals surface area contributed by atoms with Gasteiger partial charge in [-0.3, -0.25) is 4.57 Å². The maximum absolute atomic E-state index is 13.1. The molecule has 0 aliphatic carbocycles. The predicted molar refractivity (Wildman–Crippen MR) is 93.7 cm³/mol. The Morgan fingerprint density at radius 3 is 2.05 bits per heavy atom. The molecule has 2 atom stereocenters. The van der Waals surface area contributed by atoms with E-state index in [1.54, 1.807) is 0 Å². The summed E-state index contributed by atoms with van der Waals surface area (Å²) in [6.07, 6.45) is 1.02. The molecule has 1 aromatic rings. The number of hydrogen-bond donors (Lipinski definition) is 0. The summed E-state index contributed by atoms with van der Waals surface area (Å²) in [4.78, 5) is 0. The Balaban J connectivity index is 2.77. The van der Waals surface area contributed by atoms with Gasteiger partial charge in [0.25, 0.3) is 0 Å². The van der Waals surface area contributed by atoms with Crippen molar-refractivity contribution in [1.82, 2.24) is 0 Å². The highest BCUT2D eigenvalue weighted by atomic mass is 31.2. The lowest BCUT2D eigenvalue weighted by atomic mass is 9.86. The van der Waals surface area contributed by atoms with E-state index in [1.807, 2.05) is 44.2 Å². The first kappa shape index (κ1) is 19.4. The van der Waals surface area contributed by atoms with Crippen molar-refractivity contribution < 1.29 is 13.6 Å². The third-order valence-corrected chi connectivity index (χ3v) is 5.05. The van der Waals surface area contributed by atoms with Crippen molar-refractivity contribution in [2.45, 2.75) is 48.0 Å². The maximum atomic E-state index is 13.1. The van der Waals surface area contributed by atoms with Gasteiger partial charge < -0.3 is 9.05 Å². The van der Waals surface area contributed by atoms with E-state index >= 15 is 0 Å². The number of benzene rings is 1. The number of hydrogen-bond acceptors (Lipinski definition) is 3. The first-order valence-corrected chi connectivity index (χ1v) is 9.61. The van der Waals surface area contributed by atoms with Gasteiger partial charge in [0, 0.05) is 0 Å². The fourth-order valence-electron chi connectivity index (χ4n) is 2.37. The Bertz CT molecular complexity index is 477. The van der Waals surface area contributed by atoms with E-state index in [0.29, 0.717) is 30.4 Å². The second-order valence-corrected chi connectivity index (χ2v) is 9.72. The molecule has 0 radical (unpaired) electrons. The lowest BCUT2D eigenvalue weighted by Gasteiger charge is -2.25. The summed E-state index contributed by atoms with van der Waals surface area (Å²) in [6.45, 7) is 13.7. The summed E-state index contributed by atoms with van der Waals surface area (Å²) in [5.41, 5.74) is 0.234. The van der Waals surface area contributed by atoms with Gasteiger partial charge in [-0.05, 0) is 35.8 Å². The molecule has 22 heavy (non-hydrogen) atoms. The average molecular weight is 326 g/mol. The smallest absolute Gasteiger partial charge is 0.305 e. The van der Waals surface area contributed by atoms with E-state index in [2.05, 4.69) is 27.7 Å². The molecule has 0 bridgehead atoms. The van der Waals surface area contributed by atoms with Gasteiger partial charge in [-0.2, -0.15) is 0 Å². The largest absolute Gasteiger partial charge is 0.361 e. The van der Waals surface area contributed by atoms with Gasteiger partial charge in [-0.1, -0.05) is 59.7 Å². The zero-order valence-electron chi connectivity index (χ0n) is 14.8. The van der Waals surface area contributed by atoms with E-state index < -0.39 is 7.60 Å². The molecule has 0 fully saturated rings. The van der Waals surface area contributed by atoms with E-state index in [1.165, 1.54) is 0 Å². The maximum Gasteiger partial charge on any atom is 0.361 e. The quantitative estimate of drug-likeness (QED) is 0.611. The molecule has 0 aliphatic rings. The molecule has 0 spiro atoms. The zero-order valence-corrected chi connectivity index (χ0v) is 15.7. The van der Waals surface area contributed by atoms with Gasteiger partial charge in [0.05, 0.1) is 18.5 Å². The van der Waals surface area contributed by atoms with Crippen LogP contribution in [0.5, 0.6) is 0 Å². The first-order chi connectivity index (χ1) is 10.1. The van der Waals surface area contributed by atoms with Gasteiger partial charge in [-0.25, -0.2) is 0 Å². The van der Waals surface area contributed by atoms with E-state index in [9.17, 15) is 4.57 Å². The zero-order chi connectivity index (χ0) is 16.8. The summed E-state index contributed by atoms with van der Waals surface area (Å²) in [6, 6.07) is 9.26. The van der Waals surface area contributed by atoms with Crippen molar-refractivity contribution in [2.75, 3.05) is 13.2 Å². The van der Waals surface area contributed by atoms with Crippen molar-refractivity contribution in [3.63, 3.8) is 0 Å². The van der Waals surface area contributed by atoms with E-state index in [-0.39, 0.29) is 5.41 Å². The van der Waals surface area contributed by atoms with Crippen LogP contribution >= 0.6 is 7.60 Å². The minimum absolute atomic E-state index is 0.234. The monoisotopic (exact) mass is 326 g/mol. The van der Waals surface area contributed by atoms with E-state index in [4.69, 9.17) is 9.05 Å². The molecule has 2 unspecified atom stereocenters. The van der Waals surface area contributed by atoms with Crippen molar-refractivity contribution >= 4 is 12.9 Å². The van der Waals surface area contributed by atoms with Crippen LogP contribution in [0.1, 0.15) is 48.0 Å². The average Bonchev–Trinajstić information content (AvgIpc) is 2.42. The summed E-state index contributed by atoms with van der Waals surface area (Å²) in [5.74, 6) is 0.646. The van der Waals surface area contributed by atoms with Crippen molar-refractivity contribution in [3.05, 3.63) is 30.3 Å². The first-order valence-electron chi connectivity index (χ1n) is 8.07. The normalized spacial score (nSPS) is 16.5. The third-order valence-electron chi connectivity index (χ3n) is 3.14. The summed E-state index contributed by atoms with van der Waals surface area (Å²) in [5, 5.41) is 0.638. The molecule has 4 heteroatoms.